The molecule has 6 nitrogen and oxygen atoms in total. The predicted octanol–water partition coefficient (Wildman–Crippen LogP) is 3.81. The number of hydrogen-bond donors (Lipinski definition) is 1. The molecule has 1 saturated heterocycles. The van der Waals surface area contributed by atoms with Crippen molar-refractivity contribution in [2.45, 2.75) is 70.9 Å². The molecule has 2 fully saturated rings. The smallest absolute Gasteiger partial charge is 0.242 e. The van der Waals surface area contributed by atoms with E-state index in [1.54, 1.807) is 0 Å². The third-order valence-corrected chi connectivity index (χ3v) is 6.41. The third-order valence-electron chi connectivity index (χ3n) is 6.41. The molecule has 6 heteroatoms. The van der Waals surface area contributed by atoms with E-state index in [0.29, 0.717) is 0 Å². The lowest BCUT2D eigenvalue weighted by Gasteiger charge is -2.28. The minimum absolute atomic E-state index is 0.110. The Labute approximate surface area is 172 Å². The Morgan fingerprint density at radius 1 is 1.07 bits per heavy atom. The Hall–Kier alpha value is -2.37. The van der Waals surface area contributed by atoms with Crippen molar-refractivity contribution >= 4 is 22.8 Å². The van der Waals surface area contributed by atoms with Crippen LogP contribution in [0.1, 0.15) is 70.2 Å². The molecule has 1 atom stereocenters. The van der Waals surface area contributed by atoms with Crippen molar-refractivity contribution in [3.63, 3.8) is 0 Å². The van der Waals surface area contributed by atoms with Crippen molar-refractivity contribution in [1.82, 2.24) is 19.8 Å². The van der Waals surface area contributed by atoms with Gasteiger partial charge in [0, 0.05) is 19.0 Å². The van der Waals surface area contributed by atoms with E-state index < -0.39 is 0 Å². The van der Waals surface area contributed by atoms with Crippen molar-refractivity contribution < 1.29 is 9.59 Å². The van der Waals surface area contributed by atoms with E-state index in [1.807, 2.05) is 40.7 Å². The van der Waals surface area contributed by atoms with Gasteiger partial charge in [-0.15, -0.1) is 0 Å². The van der Waals surface area contributed by atoms with Gasteiger partial charge in [0.25, 0.3) is 0 Å². The van der Waals surface area contributed by atoms with Crippen LogP contribution in [0, 0.1) is 5.92 Å². The van der Waals surface area contributed by atoms with Gasteiger partial charge in [-0.3, -0.25) is 9.59 Å². The average Bonchev–Trinajstić information content (AvgIpc) is 3.13. The minimum atomic E-state index is -0.231. The topological polar surface area (TPSA) is 67.2 Å². The van der Waals surface area contributed by atoms with E-state index in [0.717, 1.165) is 68.5 Å². The van der Waals surface area contributed by atoms with Crippen molar-refractivity contribution in [3.8, 4) is 0 Å². The fraction of sp³-hybridized carbons (Fsp3) is 0.609. The number of imidazole rings is 1. The van der Waals surface area contributed by atoms with Crippen LogP contribution in [-0.4, -0.2) is 39.4 Å². The van der Waals surface area contributed by atoms with Crippen LogP contribution in [0.4, 0.5) is 0 Å². The lowest BCUT2D eigenvalue weighted by molar-refractivity contribution is -0.132. The van der Waals surface area contributed by atoms with Gasteiger partial charge < -0.3 is 14.8 Å². The number of hydrogen-bond acceptors (Lipinski definition) is 3. The summed E-state index contributed by atoms with van der Waals surface area (Å²) in [4.78, 5) is 32.5. The predicted molar refractivity (Wildman–Crippen MR) is 113 cm³/mol. The second-order valence-corrected chi connectivity index (χ2v) is 8.55. The van der Waals surface area contributed by atoms with E-state index in [2.05, 4.69) is 5.32 Å². The highest BCUT2D eigenvalue weighted by molar-refractivity contribution is 5.82. The molecule has 29 heavy (non-hydrogen) atoms. The fourth-order valence-corrected chi connectivity index (χ4v) is 4.73. The summed E-state index contributed by atoms with van der Waals surface area (Å²) in [5, 5.41) is 3.17. The SMILES string of the molecule is CC(NC(=O)C1CCCCC1)c1nc2ccccc2n1CC(=O)N1CCCCC1. The Morgan fingerprint density at radius 3 is 2.52 bits per heavy atom. The summed E-state index contributed by atoms with van der Waals surface area (Å²) < 4.78 is 2.00. The summed E-state index contributed by atoms with van der Waals surface area (Å²) in [6.45, 7) is 3.94. The number of para-hydroxylation sites is 2. The summed E-state index contributed by atoms with van der Waals surface area (Å²) in [7, 11) is 0. The second kappa shape index (κ2) is 8.97. The van der Waals surface area contributed by atoms with Crippen molar-refractivity contribution in [2.75, 3.05) is 13.1 Å². The van der Waals surface area contributed by atoms with E-state index in [9.17, 15) is 9.59 Å². The second-order valence-electron chi connectivity index (χ2n) is 8.55. The molecule has 2 aliphatic rings. The van der Waals surface area contributed by atoms with Gasteiger partial charge in [0.2, 0.25) is 11.8 Å². The quantitative estimate of drug-likeness (QED) is 0.836. The summed E-state index contributed by atoms with van der Waals surface area (Å²) in [5.74, 6) is 1.14. The van der Waals surface area contributed by atoms with E-state index >= 15 is 0 Å². The lowest BCUT2D eigenvalue weighted by atomic mass is 9.88. The summed E-state index contributed by atoms with van der Waals surface area (Å²) in [5.41, 5.74) is 1.82. The van der Waals surface area contributed by atoms with Crippen LogP contribution in [0.15, 0.2) is 24.3 Å². The van der Waals surface area contributed by atoms with Gasteiger partial charge in [-0.25, -0.2) is 4.98 Å². The molecule has 1 aliphatic carbocycles. The molecule has 1 unspecified atom stereocenters. The molecule has 1 saturated carbocycles. The minimum Gasteiger partial charge on any atom is -0.346 e. The molecule has 0 radical (unpaired) electrons. The van der Waals surface area contributed by atoms with Crippen molar-refractivity contribution in [3.05, 3.63) is 30.1 Å². The maximum absolute atomic E-state index is 12.9. The number of amides is 2. The molecule has 2 aromatic rings. The standard InChI is InChI=1S/C23H32N4O2/c1-17(24-23(29)18-10-4-2-5-11-18)22-25-19-12-6-7-13-20(19)27(22)16-21(28)26-14-8-3-9-15-26/h6-7,12-13,17-18H,2-5,8-11,14-16H2,1H3,(H,24,29). The average molecular weight is 397 g/mol. The summed E-state index contributed by atoms with van der Waals surface area (Å²) >= 11 is 0. The number of carbonyl (C=O) groups is 2. The first-order valence-electron chi connectivity index (χ1n) is 11.2. The van der Waals surface area contributed by atoms with Gasteiger partial charge in [0.1, 0.15) is 12.4 Å². The van der Waals surface area contributed by atoms with Crippen LogP contribution in [0.25, 0.3) is 11.0 Å². The monoisotopic (exact) mass is 396 g/mol. The lowest BCUT2D eigenvalue weighted by Crippen LogP contribution is -2.39. The molecule has 1 N–H and O–H groups in total. The van der Waals surface area contributed by atoms with Crippen LogP contribution in [0.3, 0.4) is 0 Å². The Bertz CT molecular complexity index is 863. The summed E-state index contributed by atoms with van der Waals surface area (Å²) in [6.07, 6.45) is 8.81. The third kappa shape index (κ3) is 4.46. The molecular weight excluding hydrogens is 364 g/mol. The normalized spacial score (nSPS) is 19.3. The molecule has 2 amide bonds. The van der Waals surface area contributed by atoms with Crippen LogP contribution >= 0.6 is 0 Å². The molecule has 4 rings (SSSR count). The zero-order valence-electron chi connectivity index (χ0n) is 17.4. The maximum atomic E-state index is 12.9. The highest BCUT2D eigenvalue weighted by Crippen LogP contribution is 2.26. The number of carbonyl (C=O) groups excluding carboxylic acids is 2. The number of aromatic nitrogens is 2. The number of nitrogens with one attached hydrogen (secondary N) is 1. The molecular formula is C23H32N4O2. The van der Waals surface area contributed by atoms with Crippen LogP contribution in [-0.2, 0) is 16.1 Å². The van der Waals surface area contributed by atoms with Crippen LogP contribution in [0.5, 0.6) is 0 Å². The highest BCUT2D eigenvalue weighted by atomic mass is 16.2. The van der Waals surface area contributed by atoms with Crippen LogP contribution < -0.4 is 5.32 Å². The number of fused-ring (bicyclic) bond motifs is 1. The molecule has 1 aliphatic heterocycles. The van der Waals surface area contributed by atoms with Gasteiger partial charge in [-0.05, 0) is 51.2 Å². The van der Waals surface area contributed by atoms with E-state index in [4.69, 9.17) is 4.98 Å². The highest BCUT2D eigenvalue weighted by Gasteiger charge is 2.26. The number of piperidine rings is 1. The van der Waals surface area contributed by atoms with E-state index in [1.165, 1.54) is 12.8 Å². The van der Waals surface area contributed by atoms with E-state index in [-0.39, 0.29) is 30.3 Å². The summed E-state index contributed by atoms with van der Waals surface area (Å²) in [6, 6.07) is 7.68. The molecule has 0 spiro atoms. The van der Waals surface area contributed by atoms with Gasteiger partial charge in [0.15, 0.2) is 0 Å². The number of rotatable bonds is 5. The largest absolute Gasteiger partial charge is 0.346 e. The number of likely N-dealkylation sites (tertiary alicyclic amines) is 1. The number of benzene rings is 1. The van der Waals surface area contributed by atoms with Crippen molar-refractivity contribution in [2.24, 2.45) is 5.92 Å². The number of nitrogens with zero attached hydrogens (tertiary/aromatic N) is 3. The Morgan fingerprint density at radius 2 is 1.76 bits per heavy atom. The molecule has 1 aromatic carbocycles. The van der Waals surface area contributed by atoms with Crippen LogP contribution in [0.2, 0.25) is 0 Å². The Kier molecular flexibility index (Phi) is 6.16. The fourth-order valence-electron chi connectivity index (χ4n) is 4.73. The van der Waals surface area contributed by atoms with Crippen molar-refractivity contribution in [1.29, 1.82) is 0 Å². The van der Waals surface area contributed by atoms with Gasteiger partial charge in [-0.2, -0.15) is 0 Å². The van der Waals surface area contributed by atoms with Gasteiger partial charge in [-0.1, -0.05) is 31.4 Å². The molecule has 2 heterocycles. The van der Waals surface area contributed by atoms with Gasteiger partial charge >= 0.3 is 0 Å². The first-order chi connectivity index (χ1) is 14.1. The molecule has 1 aromatic heterocycles. The molecule has 0 bridgehead atoms. The first-order valence-corrected chi connectivity index (χ1v) is 11.2. The first kappa shape index (κ1) is 19.9. The molecule has 156 valence electrons. The zero-order valence-corrected chi connectivity index (χ0v) is 17.4. The van der Waals surface area contributed by atoms with Gasteiger partial charge in [0.05, 0.1) is 17.1 Å². The zero-order chi connectivity index (χ0) is 20.2. The maximum Gasteiger partial charge on any atom is 0.242 e. The Balaban J connectivity index is 1.55.